The first-order chi connectivity index (χ1) is 37.5. The van der Waals surface area contributed by atoms with Gasteiger partial charge >= 0.3 is 17.9 Å². The summed E-state index contributed by atoms with van der Waals surface area (Å²) >= 11 is 0. The summed E-state index contributed by atoms with van der Waals surface area (Å²) in [4.78, 5) is 38.2. The lowest BCUT2D eigenvalue weighted by molar-refractivity contribution is -0.167. The Hall–Kier alpha value is -2.37. The van der Waals surface area contributed by atoms with E-state index in [1.165, 1.54) is 270 Å². The highest BCUT2D eigenvalue weighted by Gasteiger charge is 2.19. The first-order valence-corrected chi connectivity index (χ1v) is 34.0. The predicted molar refractivity (Wildman–Crippen MR) is 330 cm³/mol. The van der Waals surface area contributed by atoms with Gasteiger partial charge < -0.3 is 14.2 Å². The van der Waals surface area contributed by atoms with Gasteiger partial charge in [-0.3, -0.25) is 14.4 Å². The van der Waals surface area contributed by atoms with Gasteiger partial charge in [0.15, 0.2) is 6.10 Å². The van der Waals surface area contributed by atoms with Gasteiger partial charge in [0, 0.05) is 19.3 Å². The van der Waals surface area contributed by atoms with Crippen LogP contribution in [0.15, 0.2) is 36.5 Å². The Morgan fingerprint density at radius 2 is 0.474 bits per heavy atom. The molecular formula is C70H130O6. The molecule has 1 unspecified atom stereocenters. The average Bonchev–Trinajstić information content (AvgIpc) is 3.42. The van der Waals surface area contributed by atoms with Crippen molar-refractivity contribution in [1.29, 1.82) is 0 Å². The molecule has 1 atom stereocenters. The van der Waals surface area contributed by atoms with Gasteiger partial charge in [-0.15, -0.1) is 0 Å². The Morgan fingerprint density at radius 1 is 0.263 bits per heavy atom. The van der Waals surface area contributed by atoms with Crippen LogP contribution in [0.2, 0.25) is 0 Å². The summed E-state index contributed by atoms with van der Waals surface area (Å²) in [5, 5.41) is 0. The van der Waals surface area contributed by atoms with E-state index in [4.69, 9.17) is 14.2 Å². The van der Waals surface area contributed by atoms with Crippen molar-refractivity contribution < 1.29 is 28.6 Å². The van der Waals surface area contributed by atoms with Crippen molar-refractivity contribution in [3.8, 4) is 0 Å². The highest BCUT2D eigenvalue weighted by Crippen LogP contribution is 2.18. The molecule has 0 aliphatic heterocycles. The minimum atomic E-state index is -0.769. The first kappa shape index (κ1) is 73.6. The van der Waals surface area contributed by atoms with Crippen molar-refractivity contribution in [1.82, 2.24) is 0 Å². The van der Waals surface area contributed by atoms with Gasteiger partial charge in [0.2, 0.25) is 0 Å². The van der Waals surface area contributed by atoms with Crippen LogP contribution in [-0.4, -0.2) is 37.2 Å². The fourth-order valence-electron chi connectivity index (χ4n) is 10.2. The van der Waals surface area contributed by atoms with Crippen molar-refractivity contribution in [2.45, 2.75) is 380 Å². The highest BCUT2D eigenvalue weighted by molar-refractivity contribution is 5.71. The molecule has 6 nitrogen and oxygen atoms in total. The van der Waals surface area contributed by atoms with Crippen molar-refractivity contribution in [3.63, 3.8) is 0 Å². The third kappa shape index (κ3) is 62.5. The van der Waals surface area contributed by atoms with Crippen LogP contribution in [0.25, 0.3) is 0 Å². The number of allylic oxidation sites excluding steroid dienone is 6. The molecular weight excluding hydrogens is 937 g/mol. The lowest BCUT2D eigenvalue weighted by Gasteiger charge is -2.18. The number of carbonyl (C=O) groups is 3. The van der Waals surface area contributed by atoms with E-state index in [-0.39, 0.29) is 31.1 Å². The number of hydrogen-bond acceptors (Lipinski definition) is 6. The molecule has 0 saturated carbocycles. The molecule has 446 valence electrons. The molecule has 0 amide bonds. The van der Waals surface area contributed by atoms with Gasteiger partial charge in [0.25, 0.3) is 0 Å². The molecule has 0 aromatic rings. The van der Waals surface area contributed by atoms with Gasteiger partial charge in [0.05, 0.1) is 0 Å². The van der Waals surface area contributed by atoms with Crippen LogP contribution >= 0.6 is 0 Å². The molecule has 0 spiro atoms. The van der Waals surface area contributed by atoms with Crippen LogP contribution in [0, 0.1) is 0 Å². The number of hydrogen-bond donors (Lipinski definition) is 0. The molecule has 0 rings (SSSR count). The zero-order chi connectivity index (χ0) is 55.0. The molecule has 0 fully saturated rings. The van der Waals surface area contributed by atoms with E-state index in [1.54, 1.807) is 0 Å². The molecule has 0 bridgehead atoms. The van der Waals surface area contributed by atoms with Crippen molar-refractivity contribution in [2.75, 3.05) is 13.2 Å². The standard InChI is InChI=1S/C70H130O6/c1-4-7-10-13-16-19-21-23-25-27-29-31-33-34-35-36-38-39-41-43-45-47-49-51-54-57-60-63-69(72)75-66-67(65-74-68(71)62-59-56-53-18-15-12-9-6-3)76-70(73)64-61-58-55-52-50-48-46-44-42-40-37-32-30-28-26-24-22-20-17-14-11-8-5-2/h22,24,27-30,67H,4-21,23,25-26,31-66H2,1-3H3/b24-22-,29-27-,30-28-. The second-order valence-electron chi connectivity index (χ2n) is 23.1. The molecule has 76 heavy (non-hydrogen) atoms. The van der Waals surface area contributed by atoms with Crippen LogP contribution in [0.5, 0.6) is 0 Å². The fraction of sp³-hybridized carbons (Fsp3) is 0.871. The number of rotatable bonds is 63. The Morgan fingerprint density at radius 3 is 0.737 bits per heavy atom. The van der Waals surface area contributed by atoms with E-state index < -0.39 is 6.10 Å². The summed E-state index contributed by atoms with van der Waals surface area (Å²) in [6, 6.07) is 0. The van der Waals surface area contributed by atoms with Crippen molar-refractivity contribution >= 4 is 17.9 Å². The van der Waals surface area contributed by atoms with Crippen LogP contribution < -0.4 is 0 Å². The summed E-state index contributed by atoms with van der Waals surface area (Å²) < 4.78 is 16.9. The number of esters is 3. The van der Waals surface area contributed by atoms with Crippen LogP contribution in [-0.2, 0) is 28.6 Å². The first-order valence-electron chi connectivity index (χ1n) is 34.0. The predicted octanol–water partition coefficient (Wildman–Crippen LogP) is 23.2. The Bertz CT molecular complexity index is 1270. The highest BCUT2D eigenvalue weighted by atomic mass is 16.6. The van der Waals surface area contributed by atoms with Crippen LogP contribution in [0.4, 0.5) is 0 Å². The molecule has 0 heterocycles. The van der Waals surface area contributed by atoms with Crippen LogP contribution in [0.3, 0.4) is 0 Å². The minimum Gasteiger partial charge on any atom is -0.462 e. The molecule has 0 saturated heterocycles. The maximum absolute atomic E-state index is 12.9. The minimum absolute atomic E-state index is 0.0683. The normalized spacial score (nSPS) is 12.2. The molecule has 0 aliphatic rings. The third-order valence-corrected chi connectivity index (χ3v) is 15.4. The SMILES string of the molecule is CCCCCCC/C=C\C/C=C\CCCCCCCCCCCCCC(=O)OC(COC(=O)CCCCCCCCCC)COC(=O)CCCCCCCCCCCCCCCCC/C=C\CCCCCCCCCC. The topological polar surface area (TPSA) is 78.9 Å². The molecule has 0 N–H and O–H groups in total. The molecule has 0 radical (unpaired) electrons. The maximum Gasteiger partial charge on any atom is 0.306 e. The van der Waals surface area contributed by atoms with Gasteiger partial charge in [-0.2, -0.15) is 0 Å². The monoisotopic (exact) mass is 1070 g/mol. The zero-order valence-electron chi connectivity index (χ0n) is 51.3. The summed E-state index contributed by atoms with van der Waals surface area (Å²) in [6.45, 7) is 6.66. The van der Waals surface area contributed by atoms with E-state index >= 15 is 0 Å². The largest absolute Gasteiger partial charge is 0.462 e. The molecule has 0 aromatic heterocycles. The summed E-state index contributed by atoms with van der Waals surface area (Å²) in [5.41, 5.74) is 0. The van der Waals surface area contributed by atoms with Crippen LogP contribution in [0.1, 0.15) is 374 Å². The van der Waals surface area contributed by atoms with E-state index in [9.17, 15) is 14.4 Å². The van der Waals surface area contributed by atoms with E-state index in [1.807, 2.05) is 0 Å². The quantitative estimate of drug-likeness (QED) is 0.0261. The number of unbranched alkanes of at least 4 members (excludes halogenated alkanes) is 46. The Kier molecular flexibility index (Phi) is 63.1. The average molecular weight is 1070 g/mol. The lowest BCUT2D eigenvalue weighted by Crippen LogP contribution is -2.30. The van der Waals surface area contributed by atoms with Gasteiger partial charge in [-0.05, 0) is 77.0 Å². The number of ether oxygens (including phenoxy) is 3. The Labute approximate surface area is 474 Å². The van der Waals surface area contributed by atoms with Crippen molar-refractivity contribution in [3.05, 3.63) is 36.5 Å². The van der Waals surface area contributed by atoms with Crippen molar-refractivity contribution in [2.24, 2.45) is 0 Å². The zero-order valence-corrected chi connectivity index (χ0v) is 51.3. The van der Waals surface area contributed by atoms with E-state index in [0.29, 0.717) is 19.3 Å². The second-order valence-corrected chi connectivity index (χ2v) is 23.1. The van der Waals surface area contributed by atoms with Gasteiger partial charge in [0.1, 0.15) is 13.2 Å². The fourth-order valence-corrected chi connectivity index (χ4v) is 10.2. The maximum atomic E-state index is 12.9. The summed E-state index contributed by atoms with van der Waals surface area (Å²) in [5.74, 6) is -0.851. The Balaban J connectivity index is 4.09. The lowest BCUT2D eigenvalue weighted by atomic mass is 10.0. The molecule has 0 aromatic carbocycles. The smallest absolute Gasteiger partial charge is 0.306 e. The summed E-state index contributed by atoms with van der Waals surface area (Å²) in [6.07, 6.45) is 80.4. The van der Waals surface area contributed by atoms with E-state index in [0.717, 1.165) is 64.2 Å². The summed E-state index contributed by atoms with van der Waals surface area (Å²) in [7, 11) is 0. The van der Waals surface area contributed by atoms with Gasteiger partial charge in [-0.25, -0.2) is 0 Å². The number of carbonyl (C=O) groups excluding carboxylic acids is 3. The molecule has 0 aliphatic carbocycles. The molecule has 6 heteroatoms. The second kappa shape index (κ2) is 65.2. The van der Waals surface area contributed by atoms with E-state index in [2.05, 4.69) is 57.2 Å². The van der Waals surface area contributed by atoms with Gasteiger partial charge in [-0.1, -0.05) is 314 Å². The third-order valence-electron chi connectivity index (χ3n) is 15.4.